The van der Waals surface area contributed by atoms with Crippen molar-refractivity contribution in [1.82, 2.24) is 10.9 Å². The van der Waals surface area contributed by atoms with Crippen molar-refractivity contribution >= 4 is 40.7 Å². The lowest BCUT2D eigenvalue weighted by Crippen LogP contribution is -2.50. The third-order valence-corrected chi connectivity index (χ3v) is 4.90. The number of hydrazine groups is 1. The number of carbonyl (C=O) groups excluding carboxylic acids is 3. The van der Waals surface area contributed by atoms with E-state index in [0.717, 1.165) is 11.1 Å². The van der Waals surface area contributed by atoms with Gasteiger partial charge in [-0.15, -0.1) is 0 Å². The van der Waals surface area contributed by atoms with E-state index in [0.29, 0.717) is 16.5 Å². The van der Waals surface area contributed by atoms with Crippen LogP contribution in [0.2, 0.25) is 5.02 Å². The second-order valence-corrected chi connectivity index (χ2v) is 7.60. The largest absolute Gasteiger partial charge is 0.480 e. The van der Waals surface area contributed by atoms with Crippen molar-refractivity contribution in [3.63, 3.8) is 0 Å². The first kappa shape index (κ1) is 22.3. The Morgan fingerprint density at radius 1 is 1.10 bits per heavy atom. The molecule has 162 valence electrons. The Balaban J connectivity index is 1.61. The molecule has 0 saturated heterocycles. The maximum atomic E-state index is 12.5. The third-order valence-electron chi connectivity index (χ3n) is 4.68. The highest BCUT2D eigenvalue weighted by molar-refractivity contribution is 6.40. The summed E-state index contributed by atoms with van der Waals surface area (Å²) in [6.07, 6.45) is -0.544. The lowest BCUT2D eigenvalue weighted by molar-refractivity contribution is -0.131. The fourth-order valence-corrected chi connectivity index (χ4v) is 3.42. The molecule has 0 aliphatic carbocycles. The number of anilines is 1. The molecule has 1 aliphatic heterocycles. The SMILES string of the molecule is Cc1cc(Cl)cc(C)c1OC(C)C(=O)NNC(=O)C1=NN(c2ccccc2)C(=O)CC1. The Morgan fingerprint density at radius 2 is 1.74 bits per heavy atom. The number of nitrogens with zero attached hydrogens (tertiary/aromatic N) is 2. The summed E-state index contributed by atoms with van der Waals surface area (Å²) in [4.78, 5) is 37.0. The highest BCUT2D eigenvalue weighted by Crippen LogP contribution is 2.28. The van der Waals surface area contributed by atoms with E-state index in [9.17, 15) is 14.4 Å². The summed E-state index contributed by atoms with van der Waals surface area (Å²) in [6, 6.07) is 12.3. The Bertz CT molecular complexity index is 1020. The number of aryl methyl sites for hydroxylation is 2. The molecule has 3 amide bonds. The minimum absolute atomic E-state index is 0.140. The van der Waals surface area contributed by atoms with E-state index in [-0.39, 0.29) is 24.5 Å². The van der Waals surface area contributed by atoms with Crippen molar-refractivity contribution < 1.29 is 19.1 Å². The number of halogens is 1. The number of para-hydroxylation sites is 1. The maximum Gasteiger partial charge on any atom is 0.285 e. The van der Waals surface area contributed by atoms with Gasteiger partial charge in [0.1, 0.15) is 11.5 Å². The molecule has 1 heterocycles. The number of benzene rings is 2. The standard InChI is InChI=1S/C22H23ClN4O4/c1-13-11-16(23)12-14(2)20(13)31-15(3)21(29)24-25-22(30)18-9-10-19(28)27(26-18)17-7-5-4-6-8-17/h4-8,11-12,15H,9-10H2,1-3H3,(H,24,29)(H,25,30). The normalized spacial score (nSPS) is 14.5. The molecule has 1 unspecified atom stereocenters. The van der Waals surface area contributed by atoms with Crippen molar-refractivity contribution in [2.24, 2.45) is 5.10 Å². The summed E-state index contributed by atoms with van der Waals surface area (Å²) >= 11 is 6.02. The van der Waals surface area contributed by atoms with Gasteiger partial charge < -0.3 is 4.74 Å². The molecule has 31 heavy (non-hydrogen) atoms. The van der Waals surface area contributed by atoms with Gasteiger partial charge in [-0.2, -0.15) is 5.10 Å². The van der Waals surface area contributed by atoms with E-state index in [1.165, 1.54) is 5.01 Å². The fraction of sp³-hybridized carbons (Fsp3) is 0.273. The minimum Gasteiger partial charge on any atom is -0.480 e. The third kappa shape index (κ3) is 5.40. The number of ether oxygens (including phenoxy) is 1. The van der Waals surface area contributed by atoms with E-state index in [1.54, 1.807) is 43.3 Å². The number of hydrogen-bond donors (Lipinski definition) is 2. The Hall–Kier alpha value is -3.39. The first-order valence-corrected chi connectivity index (χ1v) is 10.1. The first-order chi connectivity index (χ1) is 14.8. The van der Waals surface area contributed by atoms with Gasteiger partial charge in [0.2, 0.25) is 5.91 Å². The molecule has 3 rings (SSSR count). The van der Waals surface area contributed by atoms with Crippen molar-refractivity contribution in [3.05, 3.63) is 58.6 Å². The molecule has 0 radical (unpaired) electrons. The van der Waals surface area contributed by atoms with E-state index < -0.39 is 17.9 Å². The Morgan fingerprint density at radius 3 is 2.39 bits per heavy atom. The van der Waals surface area contributed by atoms with Crippen molar-refractivity contribution in [1.29, 1.82) is 0 Å². The Labute approximate surface area is 185 Å². The van der Waals surface area contributed by atoms with Gasteiger partial charge >= 0.3 is 0 Å². The quantitative estimate of drug-likeness (QED) is 0.695. The summed E-state index contributed by atoms with van der Waals surface area (Å²) in [7, 11) is 0. The number of hydrogen-bond acceptors (Lipinski definition) is 5. The predicted octanol–water partition coefficient (Wildman–Crippen LogP) is 3.05. The predicted molar refractivity (Wildman–Crippen MR) is 118 cm³/mol. The van der Waals surface area contributed by atoms with Crippen LogP contribution in [0.15, 0.2) is 47.6 Å². The first-order valence-electron chi connectivity index (χ1n) is 9.75. The van der Waals surface area contributed by atoms with Crippen LogP contribution in [-0.4, -0.2) is 29.5 Å². The molecule has 2 aromatic carbocycles. The van der Waals surface area contributed by atoms with Gasteiger partial charge in [0.25, 0.3) is 11.8 Å². The van der Waals surface area contributed by atoms with Crippen LogP contribution in [0.3, 0.4) is 0 Å². The van der Waals surface area contributed by atoms with Gasteiger partial charge in [0.15, 0.2) is 6.10 Å². The van der Waals surface area contributed by atoms with Gasteiger partial charge in [-0.05, 0) is 56.2 Å². The zero-order valence-electron chi connectivity index (χ0n) is 17.4. The van der Waals surface area contributed by atoms with Gasteiger partial charge in [0.05, 0.1) is 5.69 Å². The molecule has 0 fully saturated rings. The summed E-state index contributed by atoms with van der Waals surface area (Å²) in [6.45, 7) is 5.24. The maximum absolute atomic E-state index is 12.5. The van der Waals surface area contributed by atoms with Crippen molar-refractivity contribution in [3.8, 4) is 5.75 Å². The lowest BCUT2D eigenvalue weighted by atomic mass is 10.1. The minimum atomic E-state index is -0.866. The molecule has 2 N–H and O–H groups in total. The number of rotatable bonds is 5. The smallest absolute Gasteiger partial charge is 0.285 e. The molecule has 0 bridgehead atoms. The van der Waals surface area contributed by atoms with Gasteiger partial charge in [0, 0.05) is 17.9 Å². The monoisotopic (exact) mass is 442 g/mol. The second kappa shape index (κ2) is 9.61. The Kier molecular flexibility index (Phi) is 6.91. The molecule has 1 aliphatic rings. The van der Waals surface area contributed by atoms with Gasteiger partial charge in [-0.25, -0.2) is 5.01 Å². The van der Waals surface area contributed by atoms with Crippen LogP contribution in [0.25, 0.3) is 0 Å². The average molecular weight is 443 g/mol. The van der Waals surface area contributed by atoms with E-state index in [4.69, 9.17) is 16.3 Å². The zero-order chi connectivity index (χ0) is 22.5. The molecule has 0 saturated carbocycles. The number of amides is 3. The number of nitrogens with one attached hydrogen (secondary N) is 2. The second-order valence-electron chi connectivity index (χ2n) is 7.16. The van der Waals surface area contributed by atoms with Crippen LogP contribution in [0.5, 0.6) is 5.75 Å². The molecular weight excluding hydrogens is 420 g/mol. The average Bonchev–Trinajstić information content (AvgIpc) is 2.75. The molecular formula is C22H23ClN4O4. The summed E-state index contributed by atoms with van der Waals surface area (Å²) in [5.41, 5.74) is 6.99. The molecule has 1 atom stereocenters. The van der Waals surface area contributed by atoms with Crippen molar-refractivity contribution in [2.75, 3.05) is 5.01 Å². The summed E-state index contributed by atoms with van der Waals surface area (Å²) in [5.74, 6) is -0.767. The highest BCUT2D eigenvalue weighted by Gasteiger charge is 2.26. The molecule has 9 heteroatoms. The van der Waals surface area contributed by atoms with E-state index in [1.807, 2.05) is 19.9 Å². The number of carbonyl (C=O) groups is 3. The molecule has 8 nitrogen and oxygen atoms in total. The zero-order valence-corrected chi connectivity index (χ0v) is 18.2. The topological polar surface area (TPSA) is 100 Å². The van der Waals surface area contributed by atoms with Crippen LogP contribution in [0, 0.1) is 13.8 Å². The van der Waals surface area contributed by atoms with Crippen molar-refractivity contribution in [2.45, 2.75) is 39.7 Å². The van der Waals surface area contributed by atoms with E-state index >= 15 is 0 Å². The van der Waals surface area contributed by atoms with Gasteiger partial charge in [-0.3, -0.25) is 25.2 Å². The summed E-state index contributed by atoms with van der Waals surface area (Å²) < 4.78 is 5.75. The van der Waals surface area contributed by atoms with E-state index in [2.05, 4.69) is 16.0 Å². The van der Waals surface area contributed by atoms with Gasteiger partial charge in [-0.1, -0.05) is 29.8 Å². The fourth-order valence-electron chi connectivity index (χ4n) is 3.09. The lowest BCUT2D eigenvalue weighted by Gasteiger charge is -2.23. The highest BCUT2D eigenvalue weighted by atomic mass is 35.5. The van der Waals surface area contributed by atoms with Crippen LogP contribution in [0.4, 0.5) is 5.69 Å². The molecule has 0 spiro atoms. The summed E-state index contributed by atoms with van der Waals surface area (Å²) in [5, 5.41) is 5.93. The molecule has 0 aromatic heterocycles. The van der Waals surface area contributed by atoms with Crippen LogP contribution < -0.4 is 20.6 Å². The molecule has 2 aromatic rings. The van der Waals surface area contributed by atoms with Crippen LogP contribution in [-0.2, 0) is 14.4 Å². The van der Waals surface area contributed by atoms with Crippen LogP contribution in [0.1, 0.15) is 30.9 Å². The number of hydrazone groups is 1. The van der Waals surface area contributed by atoms with Crippen LogP contribution >= 0.6 is 11.6 Å².